The monoisotopic (exact) mass is 344 g/mol. The molecule has 0 aliphatic heterocycles. The summed E-state index contributed by atoms with van der Waals surface area (Å²) >= 11 is 0. The lowest BCUT2D eigenvalue weighted by Gasteiger charge is -2.00. The van der Waals surface area contributed by atoms with Gasteiger partial charge < -0.3 is 5.11 Å². The van der Waals surface area contributed by atoms with Crippen molar-refractivity contribution >= 4 is 21.1 Å². The van der Waals surface area contributed by atoms with E-state index >= 15 is 0 Å². The summed E-state index contributed by atoms with van der Waals surface area (Å²) in [4.78, 5) is 10.8. The van der Waals surface area contributed by atoms with Gasteiger partial charge in [-0.3, -0.25) is 4.79 Å². The quantitative estimate of drug-likeness (QED) is 0.264. The van der Waals surface area contributed by atoms with Crippen LogP contribution in [0.15, 0.2) is 12.2 Å². The van der Waals surface area contributed by atoms with E-state index in [0.29, 0.717) is 17.7 Å². The highest BCUT2D eigenvalue weighted by atomic mass is 32.2. The zero-order valence-electron chi connectivity index (χ0n) is 14.4. The SMILES string of the molecule is CCCCCCCC/C=C/C(CCCCCCC(=O)O)=S(=O)=O. The van der Waals surface area contributed by atoms with Crippen LogP contribution in [0.1, 0.15) is 90.4 Å². The Labute approximate surface area is 142 Å². The van der Waals surface area contributed by atoms with Crippen LogP contribution in [0.2, 0.25) is 0 Å². The Kier molecular flexibility index (Phi) is 15.0. The van der Waals surface area contributed by atoms with E-state index in [1.54, 1.807) is 6.08 Å². The second kappa shape index (κ2) is 15.8. The maximum atomic E-state index is 11.2. The first-order chi connectivity index (χ1) is 11.1. The van der Waals surface area contributed by atoms with Crippen LogP contribution in [0.3, 0.4) is 0 Å². The first-order valence-corrected chi connectivity index (χ1v) is 9.98. The van der Waals surface area contributed by atoms with Gasteiger partial charge in [0.25, 0.3) is 0 Å². The summed E-state index contributed by atoms with van der Waals surface area (Å²) in [5, 5.41) is 8.54. The summed E-state index contributed by atoms with van der Waals surface area (Å²) in [6.45, 7) is 2.20. The number of carboxylic acids is 1. The number of hydrogen-bond acceptors (Lipinski definition) is 3. The van der Waals surface area contributed by atoms with Crippen molar-refractivity contribution in [3.05, 3.63) is 12.2 Å². The molecule has 134 valence electrons. The largest absolute Gasteiger partial charge is 0.481 e. The molecule has 0 radical (unpaired) electrons. The molecule has 4 nitrogen and oxygen atoms in total. The molecule has 23 heavy (non-hydrogen) atoms. The summed E-state index contributed by atoms with van der Waals surface area (Å²) < 4.78 is 22.4. The van der Waals surface area contributed by atoms with E-state index in [1.165, 1.54) is 32.1 Å². The smallest absolute Gasteiger partial charge is 0.303 e. The summed E-state index contributed by atoms with van der Waals surface area (Å²) in [7, 11) is -2.14. The van der Waals surface area contributed by atoms with Crippen LogP contribution in [0, 0.1) is 0 Å². The Bertz CT molecular complexity index is 455. The summed E-state index contributed by atoms with van der Waals surface area (Å²) in [6.07, 6.45) is 16.0. The molecule has 0 amide bonds. The van der Waals surface area contributed by atoms with Crippen LogP contribution in [0.5, 0.6) is 0 Å². The lowest BCUT2D eigenvalue weighted by atomic mass is 10.1. The number of hydrogen-bond donors (Lipinski definition) is 1. The van der Waals surface area contributed by atoms with Gasteiger partial charge in [-0.15, -0.1) is 0 Å². The van der Waals surface area contributed by atoms with E-state index in [-0.39, 0.29) is 6.42 Å². The molecule has 0 fully saturated rings. The lowest BCUT2D eigenvalue weighted by molar-refractivity contribution is -0.137. The molecule has 0 saturated carbocycles. The number of rotatable bonds is 15. The van der Waals surface area contributed by atoms with E-state index in [0.717, 1.165) is 32.1 Å². The predicted molar refractivity (Wildman–Crippen MR) is 96.4 cm³/mol. The Morgan fingerprint density at radius 3 is 2.04 bits per heavy atom. The van der Waals surface area contributed by atoms with Gasteiger partial charge in [0.05, 0.1) is 4.86 Å². The normalized spacial score (nSPS) is 11.0. The van der Waals surface area contributed by atoms with Gasteiger partial charge in [0.2, 0.25) is 10.3 Å². The molecular weight excluding hydrogens is 312 g/mol. The molecule has 0 spiro atoms. The van der Waals surface area contributed by atoms with Crippen LogP contribution >= 0.6 is 0 Å². The number of carbonyl (C=O) groups is 1. The third kappa shape index (κ3) is 15.6. The van der Waals surface area contributed by atoms with E-state index in [9.17, 15) is 13.2 Å². The van der Waals surface area contributed by atoms with Crippen LogP contribution in [-0.4, -0.2) is 24.4 Å². The average Bonchev–Trinajstić information content (AvgIpc) is 2.50. The highest BCUT2D eigenvalue weighted by Gasteiger charge is 2.00. The van der Waals surface area contributed by atoms with Gasteiger partial charge in [0.15, 0.2) is 0 Å². The van der Waals surface area contributed by atoms with E-state index in [2.05, 4.69) is 6.92 Å². The summed E-state index contributed by atoms with van der Waals surface area (Å²) in [6, 6.07) is 0. The molecule has 0 aliphatic carbocycles. The standard InChI is InChI=1S/C18H32O4S/c1-2-3-4-5-6-7-8-11-14-17(23(21)22)15-12-9-10-13-16-18(19)20/h11,14H,2-10,12-13,15-16H2,1H3,(H,19,20)/b14-11+. The zero-order chi connectivity index (χ0) is 17.3. The third-order valence-corrected chi connectivity index (χ3v) is 4.57. The number of allylic oxidation sites excluding steroid dienone is 2. The third-order valence-electron chi connectivity index (χ3n) is 3.81. The zero-order valence-corrected chi connectivity index (χ0v) is 15.2. The average molecular weight is 345 g/mol. The van der Waals surface area contributed by atoms with Gasteiger partial charge in [-0.05, 0) is 38.2 Å². The molecule has 0 saturated heterocycles. The first-order valence-electron chi connectivity index (χ1n) is 8.91. The van der Waals surface area contributed by atoms with Gasteiger partial charge in [-0.1, -0.05) is 57.9 Å². The fraction of sp³-hybridized carbons (Fsp3) is 0.778. The molecule has 0 aromatic heterocycles. The summed E-state index contributed by atoms with van der Waals surface area (Å²) in [5.74, 6) is -0.768. The maximum absolute atomic E-state index is 11.2. The van der Waals surface area contributed by atoms with E-state index in [4.69, 9.17) is 5.11 Å². The van der Waals surface area contributed by atoms with Crippen LogP contribution in [-0.2, 0) is 15.1 Å². The van der Waals surface area contributed by atoms with Crippen molar-refractivity contribution in [3.63, 3.8) is 0 Å². The number of carboxylic acid groups (broad SMARTS) is 1. The fourth-order valence-electron chi connectivity index (χ4n) is 2.41. The highest BCUT2D eigenvalue weighted by Crippen LogP contribution is 2.09. The topological polar surface area (TPSA) is 71.4 Å². The maximum Gasteiger partial charge on any atom is 0.303 e. The molecule has 0 bridgehead atoms. The first kappa shape index (κ1) is 21.9. The van der Waals surface area contributed by atoms with Crippen molar-refractivity contribution in [2.24, 2.45) is 0 Å². The van der Waals surface area contributed by atoms with Gasteiger partial charge in [0.1, 0.15) is 0 Å². The predicted octanol–water partition coefficient (Wildman–Crippen LogP) is 4.77. The van der Waals surface area contributed by atoms with Crippen molar-refractivity contribution in [2.45, 2.75) is 90.4 Å². The van der Waals surface area contributed by atoms with E-state index < -0.39 is 16.3 Å². The van der Waals surface area contributed by atoms with Crippen molar-refractivity contribution in [1.29, 1.82) is 0 Å². The molecule has 0 aromatic rings. The van der Waals surface area contributed by atoms with Crippen molar-refractivity contribution in [3.8, 4) is 0 Å². The van der Waals surface area contributed by atoms with Crippen molar-refractivity contribution < 1.29 is 18.3 Å². The molecule has 0 unspecified atom stereocenters. The molecule has 5 heteroatoms. The molecule has 0 aliphatic rings. The molecule has 1 N–H and O–H groups in total. The van der Waals surface area contributed by atoms with E-state index in [1.807, 2.05) is 6.08 Å². The number of aliphatic carboxylic acids is 1. The lowest BCUT2D eigenvalue weighted by Crippen LogP contribution is -1.97. The minimum Gasteiger partial charge on any atom is -0.481 e. The van der Waals surface area contributed by atoms with Gasteiger partial charge in [-0.25, -0.2) is 0 Å². The Balaban J connectivity index is 3.81. The van der Waals surface area contributed by atoms with Gasteiger partial charge in [-0.2, -0.15) is 8.42 Å². The molecule has 0 atom stereocenters. The molecular formula is C18H32O4S. The Morgan fingerprint density at radius 1 is 0.870 bits per heavy atom. The Hall–Kier alpha value is -1.10. The Morgan fingerprint density at radius 2 is 1.43 bits per heavy atom. The van der Waals surface area contributed by atoms with Crippen molar-refractivity contribution in [1.82, 2.24) is 0 Å². The van der Waals surface area contributed by atoms with Crippen LogP contribution < -0.4 is 0 Å². The second-order valence-corrected chi connectivity index (χ2v) is 6.96. The van der Waals surface area contributed by atoms with Crippen LogP contribution in [0.4, 0.5) is 0 Å². The minimum atomic E-state index is -2.14. The van der Waals surface area contributed by atoms with Gasteiger partial charge >= 0.3 is 5.97 Å². The summed E-state index contributed by atoms with van der Waals surface area (Å²) in [5.41, 5.74) is 0. The van der Waals surface area contributed by atoms with Gasteiger partial charge in [0, 0.05) is 6.42 Å². The molecule has 0 rings (SSSR count). The van der Waals surface area contributed by atoms with Crippen LogP contribution in [0.25, 0.3) is 0 Å². The highest BCUT2D eigenvalue weighted by molar-refractivity contribution is 7.73. The fourth-order valence-corrected chi connectivity index (χ4v) is 2.93. The second-order valence-electron chi connectivity index (χ2n) is 5.97. The molecule has 0 aromatic carbocycles. The number of unbranched alkanes of at least 4 members (excludes halogenated alkanes) is 9. The van der Waals surface area contributed by atoms with Crippen molar-refractivity contribution in [2.75, 3.05) is 0 Å². The molecule has 0 heterocycles. The minimum absolute atomic E-state index is 0.197.